The maximum atomic E-state index is 13.7. The van der Waals surface area contributed by atoms with Gasteiger partial charge in [-0.05, 0) is 68.6 Å². The van der Waals surface area contributed by atoms with E-state index >= 15 is 0 Å². The van der Waals surface area contributed by atoms with Crippen LogP contribution in [-0.4, -0.2) is 84.8 Å². The van der Waals surface area contributed by atoms with Gasteiger partial charge >= 0.3 is 6.03 Å². The average Bonchev–Trinajstić information content (AvgIpc) is 3.38. The Balaban J connectivity index is 1.18. The Bertz CT molecular complexity index is 1420. The van der Waals surface area contributed by atoms with Gasteiger partial charge in [-0.3, -0.25) is 14.5 Å². The smallest absolute Gasteiger partial charge is 0.326 e. The summed E-state index contributed by atoms with van der Waals surface area (Å²) in [5, 5.41) is 19.7. The number of piperidine rings is 2. The van der Waals surface area contributed by atoms with Gasteiger partial charge in [0.25, 0.3) is 11.8 Å². The van der Waals surface area contributed by atoms with E-state index in [1.165, 1.54) is 18.9 Å². The minimum atomic E-state index is -1.22. The summed E-state index contributed by atoms with van der Waals surface area (Å²) in [6.45, 7) is 3.46. The molecule has 3 saturated heterocycles. The van der Waals surface area contributed by atoms with Gasteiger partial charge in [-0.1, -0.05) is 30.0 Å². The molecule has 0 saturated carbocycles. The molecule has 4 heterocycles. The largest absolute Gasteiger partial charge is 0.457 e. The first-order valence-electron chi connectivity index (χ1n) is 14.7. The molecule has 4 aliphatic rings. The highest BCUT2D eigenvalue weighted by Gasteiger charge is 2.52. The summed E-state index contributed by atoms with van der Waals surface area (Å²) in [6, 6.07) is 14.7. The Labute approximate surface area is 255 Å². The summed E-state index contributed by atoms with van der Waals surface area (Å²) >= 11 is 1.45. The highest BCUT2D eigenvalue weighted by molar-refractivity contribution is 8.04. The number of aliphatic hydroxyl groups excluding tert-OH is 1. The number of amides is 4. The van der Waals surface area contributed by atoms with Crippen molar-refractivity contribution in [3.05, 3.63) is 64.7 Å². The van der Waals surface area contributed by atoms with Crippen LogP contribution in [0.3, 0.4) is 0 Å². The van der Waals surface area contributed by atoms with Crippen molar-refractivity contribution in [2.45, 2.75) is 49.7 Å². The number of hydrogen-bond acceptors (Lipinski definition) is 8. The molecule has 228 valence electrons. The van der Waals surface area contributed by atoms with Crippen molar-refractivity contribution >= 4 is 35.3 Å². The molecule has 6 rings (SSSR count). The first kappa shape index (κ1) is 29.5. The summed E-state index contributed by atoms with van der Waals surface area (Å²) in [6.07, 6.45) is 0.960. The second-order valence-corrected chi connectivity index (χ2v) is 12.5. The number of aliphatic hydroxyl groups is 1. The van der Waals surface area contributed by atoms with Crippen LogP contribution in [-0.2, 0) is 14.3 Å². The summed E-state index contributed by atoms with van der Waals surface area (Å²) in [4.78, 5) is 43.8. The first-order valence-corrected chi connectivity index (χ1v) is 15.6. The minimum Gasteiger partial charge on any atom is -0.457 e. The molecular formula is C31H37N5O6S. The molecule has 2 aromatic carbocycles. The van der Waals surface area contributed by atoms with Gasteiger partial charge in [0.15, 0.2) is 6.10 Å². The maximum Gasteiger partial charge on any atom is 0.326 e. The number of likely N-dealkylation sites (tertiary alicyclic amines) is 1. The quantitative estimate of drug-likeness (QED) is 0.360. The van der Waals surface area contributed by atoms with Crippen molar-refractivity contribution in [3.8, 4) is 11.5 Å². The van der Waals surface area contributed by atoms with Gasteiger partial charge in [0.05, 0.1) is 22.9 Å². The SMILES string of the molecule is COC[C@H](O)C(=O)N1CCC[C@@H](NC(=O)C2=C3NC(=O)N(c4ccc(Oc5ccccc5)cc4C)C4CCNC(S2)C34)C1. The molecular weight excluding hydrogens is 570 g/mol. The zero-order valence-corrected chi connectivity index (χ0v) is 25.1. The lowest BCUT2D eigenvalue weighted by Gasteiger charge is -2.46. The van der Waals surface area contributed by atoms with Crippen molar-refractivity contribution in [3.63, 3.8) is 0 Å². The fourth-order valence-corrected chi connectivity index (χ4v) is 7.87. The van der Waals surface area contributed by atoms with E-state index in [2.05, 4.69) is 16.0 Å². The van der Waals surface area contributed by atoms with E-state index in [0.717, 1.165) is 36.4 Å². The monoisotopic (exact) mass is 607 g/mol. The fraction of sp³-hybridized carbons (Fsp3) is 0.452. The summed E-state index contributed by atoms with van der Waals surface area (Å²) in [5.74, 6) is 0.710. The lowest BCUT2D eigenvalue weighted by Crippen LogP contribution is -2.62. The Morgan fingerprint density at radius 3 is 2.74 bits per heavy atom. The van der Waals surface area contributed by atoms with E-state index in [0.29, 0.717) is 35.9 Å². The van der Waals surface area contributed by atoms with Crippen molar-refractivity contribution < 1.29 is 29.0 Å². The van der Waals surface area contributed by atoms with Crippen molar-refractivity contribution in [2.24, 2.45) is 5.92 Å². The third-order valence-corrected chi connectivity index (χ3v) is 9.79. The molecule has 4 aliphatic heterocycles. The van der Waals surface area contributed by atoms with Gasteiger partial charge in [-0.25, -0.2) is 4.79 Å². The van der Waals surface area contributed by atoms with Crippen LogP contribution in [0, 0.1) is 12.8 Å². The molecule has 3 unspecified atom stereocenters. The summed E-state index contributed by atoms with van der Waals surface area (Å²) in [5.41, 5.74) is 2.39. The Morgan fingerprint density at radius 1 is 1.16 bits per heavy atom. The van der Waals surface area contributed by atoms with E-state index in [1.54, 1.807) is 4.90 Å². The molecule has 0 aliphatic carbocycles. The van der Waals surface area contributed by atoms with E-state index in [4.69, 9.17) is 9.47 Å². The van der Waals surface area contributed by atoms with Gasteiger partial charge in [0.1, 0.15) is 11.5 Å². The van der Waals surface area contributed by atoms with Crippen LogP contribution in [0.1, 0.15) is 24.8 Å². The van der Waals surface area contributed by atoms with E-state index in [1.807, 2.05) is 60.4 Å². The molecule has 5 atom stereocenters. The van der Waals surface area contributed by atoms with Crippen molar-refractivity contribution in [2.75, 3.05) is 38.3 Å². The molecule has 0 spiro atoms. The van der Waals surface area contributed by atoms with Gasteiger partial charge in [-0.2, -0.15) is 0 Å². The molecule has 0 aromatic heterocycles. The highest BCUT2D eigenvalue weighted by Crippen LogP contribution is 2.48. The second-order valence-electron chi connectivity index (χ2n) is 11.3. The molecule has 0 bridgehead atoms. The van der Waals surface area contributed by atoms with Gasteiger partial charge in [-0.15, -0.1) is 0 Å². The molecule has 4 N–H and O–H groups in total. The lowest BCUT2D eigenvalue weighted by atomic mass is 9.86. The highest BCUT2D eigenvalue weighted by atomic mass is 32.2. The molecule has 12 heteroatoms. The van der Waals surface area contributed by atoms with E-state index < -0.39 is 12.0 Å². The van der Waals surface area contributed by atoms with Gasteiger partial charge in [0.2, 0.25) is 0 Å². The van der Waals surface area contributed by atoms with E-state index in [9.17, 15) is 19.5 Å². The number of nitrogens with one attached hydrogen (secondary N) is 3. The maximum absolute atomic E-state index is 13.7. The number of urea groups is 1. The number of rotatable bonds is 8. The third-order valence-electron chi connectivity index (χ3n) is 8.43. The number of carbonyl (C=O) groups is 3. The molecule has 11 nitrogen and oxygen atoms in total. The zero-order valence-electron chi connectivity index (χ0n) is 24.2. The van der Waals surface area contributed by atoms with Crippen LogP contribution in [0.4, 0.5) is 10.5 Å². The topological polar surface area (TPSA) is 132 Å². The number of ether oxygens (including phenoxy) is 2. The lowest BCUT2D eigenvalue weighted by molar-refractivity contribution is -0.144. The first-order chi connectivity index (χ1) is 20.8. The van der Waals surface area contributed by atoms with E-state index in [-0.39, 0.29) is 41.9 Å². The molecule has 43 heavy (non-hydrogen) atoms. The number of nitrogens with zero attached hydrogens (tertiary/aromatic N) is 2. The number of anilines is 1. The fourth-order valence-electron chi connectivity index (χ4n) is 6.47. The number of benzene rings is 2. The molecule has 4 amide bonds. The molecule has 0 radical (unpaired) electrons. The number of para-hydroxylation sites is 1. The Kier molecular flexibility index (Phi) is 8.62. The number of hydrogen-bond donors (Lipinski definition) is 4. The van der Waals surface area contributed by atoms with Crippen LogP contribution in [0.15, 0.2) is 59.1 Å². The third kappa shape index (κ3) is 5.97. The average molecular weight is 608 g/mol. The summed E-state index contributed by atoms with van der Waals surface area (Å²) < 4.78 is 10.9. The number of aryl methyl sites for hydroxylation is 1. The predicted octanol–water partition coefficient (Wildman–Crippen LogP) is 2.69. The minimum absolute atomic E-state index is 0.0489. The zero-order chi connectivity index (χ0) is 30.1. The Hall–Kier alpha value is -3.58. The molecule has 2 aromatic rings. The predicted molar refractivity (Wildman–Crippen MR) is 163 cm³/mol. The van der Waals surface area contributed by atoms with Crippen LogP contribution in [0.2, 0.25) is 0 Å². The van der Waals surface area contributed by atoms with Crippen LogP contribution >= 0.6 is 11.8 Å². The number of carbonyl (C=O) groups excluding carboxylic acids is 3. The Morgan fingerprint density at radius 2 is 1.98 bits per heavy atom. The van der Waals surface area contributed by atoms with Crippen LogP contribution in [0.5, 0.6) is 11.5 Å². The van der Waals surface area contributed by atoms with Gasteiger partial charge in [0, 0.05) is 43.5 Å². The summed E-state index contributed by atoms with van der Waals surface area (Å²) in [7, 11) is 1.43. The normalized spacial score (nSPS) is 25.6. The molecule has 3 fully saturated rings. The number of thioether (sulfide) groups is 1. The van der Waals surface area contributed by atoms with Crippen molar-refractivity contribution in [1.29, 1.82) is 0 Å². The van der Waals surface area contributed by atoms with Gasteiger partial charge < -0.3 is 35.4 Å². The second kappa shape index (κ2) is 12.6. The standard InChI is InChI=1S/C31H37N5O6S/c1-18-15-21(42-20-8-4-3-5-9-20)10-11-22(18)36-23-12-13-32-29-25(23)26(34-31(36)40)27(43-29)28(38)33-19-7-6-14-35(16-19)30(39)24(37)17-41-2/h3-5,8-11,15,19,23-25,29,32,37H,6-7,12-14,16-17H2,1-2H3,(H,33,38)(H,34,40)/t19-,23?,24+,25?,29?/m1/s1. The number of methoxy groups -OCH3 is 1. The van der Waals surface area contributed by atoms with Crippen LogP contribution < -0.4 is 25.6 Å². The van der Waals surface area contributed by atoms with Crippen molar-refractivity contribution in [1.82, 2.24) is 20.9 Å². The van der Waals surface area contributed by atoms with Crippen LogP contribution in [0.25, 0.3) is 0 Å².